The lowest BCUT2D eigenvalue weighted by atomic mass is 10.6. The molecule has 0 bridgehead atoms. The van der Waals surface area contributed by atoms with Gasteiger partial charge in [0.15, 0.2) is 0 Å². The van der Waals surface area contributed by atoms with Crippen LogP contribution in [0.5, 0.6) is 0 Å². The molecule has 6 heteroatoms. The maximum Gasteiger partial charge on any atom is 0.413 e. The van der Waals surface area contributed by atoms with Gasteiger partial charge in [-0.2, -0.15) is 8.78 Å². The van der Waals surface area contributed by atoms with Crippen LogP contribution in [0.3, 0.4) is 0 Å². The molecule has 0 amide bonds. The summed E-state index contributed by atoms with van der Waals surface area (Å²) in [4.78, 5) is 27.2. The van der Waals surface area contributed by atoms with Crippen LogP contribution in [0, 0.1) is 0 Å². The van der Waals surface area contributed by atoms with E-state index in [0.29, 0.717) is 0 Å². The molecule has 0 atom stereocenters. The number of hydrogen-bond acceptors (Lipinski definition) is 4. The summed E-state index contributed by atoms with van der Waals surface area (Å²) >= 11 is 0. The lowest BCUT2D eigenvalue weighted by molar-refractivity contribution is -0.254. The van der Waals surface area contributed by atoms with E-state index in [4.69, 9.17) is 0 Å². The van der Waals surface area contributed by atoms with Crippen LogP contribution >= 0.6 is 0 Å². The van der Waals surface area contributed by atoms with Gasteiger partial charge in [-0.25, -0.2) is 19.4 Å². The largest absolute Gasteiger partial charge is 0.413 e. The summed E-state index contributed by atoms with van der Waals surface area (Å²) in [5.41, 5.74) is 0. The van der Waals surface area contributed by atoms with Crippen molar-refractivity contribution in [3.05, 3.63) is 24.8 Å². The van der Waals surface area contributed by atoms with Crippen molar-refractivity contribution in [2.75, 3.05) is 0 Å². The molecule has 66 valence electrons. The highest BCUT2D eigenvalue weighted by molar-refractivity contribution is 5.88. The summed E-state index contributed by atoms with van der Waals surface area (Å²) in [5.74, 6) is -6.14. The molecule has 12 heavy (non-hydrogen) atoms. The van der Waals surface area contributed by atoms with E-state index < -0.39 is 23.6 Å². The summed E-state index contributed by atoms with van der Waals surface area (Å²) in [6.45, 7) is 5.06. The van der Waals surface area contributed by atoms with Crippen LogP contribution in [-0.2, 0) is 19.4 Å². The number of rotatable bonds is 2. The van der Waals surface area contributed by atoms with Crippen LogP contribution in [0.25, 0.3) is 0 Å². The molecule has 0 rings (SSSR count). The van der Waals surface area contributed by atoms with Gasteiger partial charge in [-0.3, -0.25) is 0 Å². The fourth-order valence-electron chi connectivity index (χ4n) is 0.166. The van der Waals surface area contributed by atoms with Gasteiger partial charge in [0.25, 0.3) is 0 Å². The molecule has 0 aliphatic carbocycles. The van der Waals surface area contributed by atoms with Gasteiger partial charge in [0, 0.05) is 0 Å². The van der Waals surface area contributed by atoms with Crippen molar-refractivity contribution in [1.82, 2.24) is 0 Å². The van der Waals surface area contributed by atoms with E-state index in [2.05, 4.69) is 22.9 Å². The molecule has 0 aromatic heterocycles. The maximum absolute atomic E-state index is 11.8. The normalized spacial score (nSPS) is 8.50. The number of carbonyl (C=O) groups is 2. The van der Waals surface area contributed by atoms with Crippen molar-refractivity contribution < 1.29 is 28.1 Å². The summed E-state index contributed by atoms with van der Waals surface area (Å²) in [6.07, 6.45) is 0. The predicted molar refractivity (Wildman–Crippen MR) is 32.7 cm³/mol. The fraction of sp³-hybridized carbons (Fsp3) is 0. The molecule has 0 saturated heterocycles. The van der Waals surface area contributed by atoms with E-state index in [-0.39, 0.29) is 0 Å². The minimum absolute atomic E-state index is 1.47. The number of hydrogen-bond donors (Lipinski definition) is 0. The Kier molecular flexibility index (Phi) is 3.61. The van der Waals surface area contributed by atoms with Gasteiger partial charge in [0.2, 0.25) is 11.7 Å². The second-order valence-corrected chi connectivity index (χ2v) is 1.55. The molecule has 0 aromatic rings. The van der Waals surface area contributed by atoms with Crippen LogP contribution in [0.15, 0.2) is 24.8 Å². The number of carbonyl (C=O) groups excluding carboxylic acids is 2. The van der Waals surface area contributed by atoms with Gasteiger partial charge >= 0.3 is 11.9 Å². The highest BCUT2D eigenvalue weighted by Gasteiger charge is 2.14. The molecular weight excluding hydrogens is 174 g/mol. The van der Waals surface area contributed by atoms with Crippen LogP contribution in [0.4, 0.5) is 8.78 Å². The van der Waals surface area contributed by atoms with Crippen molar-refractivity contribution in [3.63, 3.8) is 0 Å². The summed E-state index contributed by atoms with van der Waals surface area (Å²) in [6, 6.07) is 0. The van der Waals surface area contributed by atoms with Crippen LogP contribution in [0.2, 0.25) is 0 Å². The Balaban J connectivity index is 3.85. The van der Waals surface area contributed by atoms with E-state index >= 15 is 0 Å². The fourth-order valence-corrected chi connectivity index (χ4v) is 0.166. The first-order chi connectivity index (χ1) is 5.45. The predicted octanol–water partition coefficient (Wildman–Crippen LogP) is 0.954. The Bertz CT molecular complexity index is 220. The van der Waals surface area contributed by atoms with Crippen LogP contribution < -0.4 is 0 Å². The van der Waals surface area contributed by atoms with E-state index in [0.717, 1.165) is 0 Å². The molecular formula is C6H4F2O4. The van der Waals surface area contributed by atoms with Crippen LogP contribution in [0.1, 0.15) is 0 Å². The topological polar surface area (TPSA) is 52.6 Å². The summed E-state index contributed by atoms with van der Waals surface area (Å²) in [7, 11) is 0. The molecule has 0 aromatic carbocycles. The average molecular weight is 178 g/mol. The van der Waals surface area contributed by atoms with E-state index in [9.17, 15) is 18.4 Å². The van der Waals surface area contributed by atoms with Crippen molar-refractivity contribution in [2.24, 2.45) is 0 Å². The van der Waals surface area contributed by atoms with Gasteiger partial charge in [-0.1, -0.05) is 13.2 Å². The Hall–Kier alpha value is -1.72. The van der Waals surface area contributed by atoms with Crippen molar-refractivity contribution in [2.45, 2.75) is 0 Å². The molecule has 0 saturated carbocycles. The quantitative estimate of drug-likeness (QED) is 0.359. The number of halogens is 2. The molecule has 0 aliphatic heterocycles. The Labute approximate surface area is 66.0 Å². The van der Waals surface area contributed by atoms with Gasteiger partial charge in [0.05, 0.1) is 0 Å². The van der Waals surface area contributed by atoms with Gasteiger partial charge in [0.1, 0.15) is 0 Å². The summed E-state index contributed by atoms with van der Waals surface area (Å²) < 4.78 is 23.5. The molecule has 0 unspecified atom stereocenters. The smallest absolute Gasteiger partial charge is 0.239 e. The highest BCUT2D eigenvalue weighted by atomic mass is 19.1. The molecule has 0 heterocycles. The first kappa shape index (κ1) is 10.3. The molecule has 0 radical (unpaired) electrons. The standard InChI is InChI=1S/C6H4F2O4/c1-3(7)5(9)11-12-6(10)4(2)8/h1-2H2. The third-order valence-corrected chi connectivity index (χ3v) is 0.636. The highest BCUT2D eigenvalue weighted by Crippen LogP contribution is 1.99. The first-order valence-electron chi connectivity index (χ1n) is 2.57. The average Bonchev–Trinajstić information content (AvgIpc) is 1.98. The Morgan fingerprint density at radius 2 is 1.17 bits per heavy atom. The zero-order valence-corrected chi connectivity index (χ0v) is 5.80. The van der Waals surface area contributed by atoms with Crippen molar-refractivity contribution in [3.8, 4) is 0 Å². The first-order valence-corrected chi connectivity index (χ1v) is 2.57. The SMILES string of the molecule is C=C(F)C(=O)OOC(=O)C(=C)F. The Morgan fingerprint density at radius 3 is 1.33 bits per heavy atom. The molecule has 0 fully saturated rings. The minimum atomic E-state index is -1.61. The van der Waals surface area contributed by atoms with Crippen molar-refractivity contribution in [1.29, 1.82) is 0 Å². The van der Waals surface area contributed by atoms with E-state index in [1.165, 1.54) is 0 Å². The molecule has 0 N–H and O–H groups in total. The zero-order valence-electron chi connectivity index (χ0n) is 5.80. The summed E-state index contributed by atoms with van der Waals surface area (Å²) in [5, 5.41) is 0. The second kappa shape index (κ2) is 4.22. The molecule has 4 nitrogen and oxygen atoms in total. The Morgan fingerprint density at radius 1 is 0.917 bits per heavy atom. The molecule has 0 aliphatic rings. The lowest BCUT2D eigenvalue weighted by Gasteiger charge is -1.97. The zero-order chi connectivity index (χ0) is 9.72. The van der Waals surface area contributed by atoms with Gasteiger partial charge in [-0.05, 0) is 0 Å². The lowest BCUT2D eigenvalue weighted by Crippen LogP contribution is -2.10. The van der Waals surface area contributed by atoms with Crippen molar-refractivity contribution >= 4 is 11.9 Å². The van der Waals surface area contributed by atoms with E-state index in [1.54, 1.807) is 0 Å². The van der Waals surface area contributed by atoms with Gasteiger partial charge < -0.3 is 0 Å². The second-order valence-electron chi connectivity index (χ2n) is 1.55. The molecule has 0 spiro atoms. The minimum Gasteiger partial charge on any atom is -0.239 e. The van der Waals surface area contributed by atoms with E-state index in [1.807, 2.05) is 0 Å². The maximum atomic E-state index is 11.8. The third-order valence-electron chi connectivity index (χ3n) is 0.636. The monoisotopic (exact) mass is 178 g/mol. The van der Waals surface area contributed by atoms with Crippen LogP contribution in [-0.4, -0.2) is 11.9 Å². The third kappa shape index (κ3) is 3.45. The van der Waals surface area contributed by atoms with Gasteiger partial charge in [-0.15, -0.1) is 0 Å².